The molecule has 2 nitrogen and oxygen atoms in total. The third kappa shape index (κ3) is 4.37. The molecular formula is C16H23F3N2. The average molecular weight is 300 g/mol. The molecule has 1 aliphatic rings. The summed E-state index contributed by atoms with van der Waals surface area (Å²) in [4.78, 5) is 2.06. The second-order valence-corrected chi connectivity index (χ2v) is 5.97. The first-order chi connectivity index (χ1) is 9.88. The Morgan fingerprint density at radius 2 is 1.76 bits per heavy atom. The maximum atomic E-state index is 13.1. The Morgan fingerprint density at radius 1 is 1.14 bits per heavy atom. The van der Waals surface area contributed by atoms with Crippen molar-refractivity contribution in [2.45, 2.75) is 57.3 Å². The van der Waals surface area contributed by atoms with Crippen LogP contribution >= 0.6 is 0 Å². The Hall–Kier alpha value is -1.23. The highest BCUT2D eigenvalue weighted by Gasteiger charge is 2.34. The van der Waals surface area contributed by atoms with E-state index >= 15 is 0 Å². The van der Waals surface area contributed by atoms with Gasteiger partial charge in [-0.1, -0.05) is 31.7 Å². The van der Waals surface area contributed by atoms with Crippen LogP contribution in [0.5, 0.6) is 0 Å². The van der Waals surface area contributed by atoms with Crippen molar-refractivity contribution in [3.05, 3.63) is 29.3 Å². The molecule has 1 aromatic carbocycles. The Balaban J connectivity index is 2.14. The van der Waals surface area contributed by atoms with Gasteiger partial charge in [-0.25, -0.2) is 0 Å². The van der Waals surface area contributed by atoms with Gasteiger partial charge in [0.25, 0.3) is 0 Å². The minimum atomic E-state index is -4.35. The van der Waals surface area contributed by atoms with Crippen molar-refractivity contribution >= 4 is 5.69 Å². The summed E-state index contributed by atoms with van der Waals surface area (Å²) in [7, 11) is 1.92. The largest absolute Gasteiger partial charge is 0.416 e. The van der Waals surface area contributed by atoms with Gasteiger partial charge >= 0.3 is 6.18 Å². The summed E-state index contributed by atoms with van der Waals surface area (Å²) in [5.74, 6) is 0. The highest BCUT2D eigenvalue weighted by Crippen LogP contribution is 2.34. The first kappa shape index (κ1) is 16.1. The summed E-state index contributed by atoms with van der Waals surface area (Å²) in [6.07, 6.45) is 2.61. The minimum Gasteiger partial charge on any atom is -0.399 e. The SMILES string of the molecule is CN(Cc1ccc(N)cc1C(F)(F)F)C1CCCCCC1. The zero-order valence-corrected chi connectivity index (χ0v) is 12.4. The Morgan fingerprint density at radius 3 is 2.33 bits per heavy atom. The highest BCUT2D eigenvalue weighted by atomic mass is 19.4. The van der Waals surface area contributed by atoms with Crippen LogP contribution in [0.15, 0.2) is 18.2 Å². The van der Waals surface area contributed by atoms with E-state index in [1.165, 1.54) is 31.7 Å². The monoisotopic (exact) mass is 300 g/mol. The number of nitrogens with zero attached hydrogens (tertiary/aromatic N) is 1. The second-order valence-electron chi connectivity index (χ2n) is 5.97. The number of hydrogen-bond donors (Lipinski definition) is 1. The van der Waals surface area contributed by atoms with Crippen LogP contribution in [-0.4, -0.2) is 18.0 Å². The van der Waals surface area contributed by atoms with Gasteiger partial charge in [0.2, 0.25) is 0 Å². The molecule has 1 aromatic rings. The van der Waals surface area contributed by atoms with E-state index < -0.39 is 11.7 Å². The molecule has 1 aliphatic carbocycles. The van der Waals surface area contributed by atoms with E-state index in [4.69, 9.17) is 5.73 Å². The molecule has 0 amide bonds. The van der Waals surface area contributed by atoms with E-state index in [0.717, 1.165) is 18.9 Å². The van der Waals surface area contributed by atoms with Gasteiger partial charge in [-0.15, -0.1) is 0 Å². The topological polar surface area (TPSA) is 29.3 Å². The van der Waals surface area contributed by atoms with Gasteiger partial charge in [0.15, 0.2) is 0 Å². The fourth-order valence-corrected chi connectivity index (χ4v) is 3.09. The second kappa shape index (κ2) is 6.69. The molecule has 0 aliphatic heterocycles. The summed E-state index contributed by atoms with van der Waals surface area (Å²) >= 11 is 0. The van der Waals surface area contributed by atoms with E-state index in [2.05, 4.69) is 4.90 Å². The van der Waals surface area contributed by atoms with Crippen molar-refractivity contribution in [1.82, 2.24) is 4.90 Å². The van der Waals surface area contributed by atoms with Crippen molar-refractivity contribution in [1.29, 1.82) is 0 Å². The molecule has 0 radical (unpaired) electrons. The first-order valence-electron chi connectivity index (χ1n) is 7.54. The van der Waals surface area contributed by atoms with E-state index in [1.54, 1.807) is 6.07 Å². The standard InChI is InChI=1S/C16H23F3N2/c1-21(14-6-4-2-3-5-7-14)11-12-8-9-13(20)10-15(12)16(17,18)19/h8-10,14H,2-7,11,20H2,1H3. The lowest BCUT2D eigenvalue weighted by Gasteiger charge is -2.28. The zero-order chi connectivity index (χ0) is 15.5. The number of benzene rings is 1. The third-order valence-corrected chi connectivity index (χ3v) is 4.31. The van der Waals surface area contributed by atoms with Crippen LogP contribution < -0.4 is 5.73 Å². The van der Waals surface area contributed by atoms with Crippen molar-refractivity contribution in [2.24, 2.45) is 0 Å². The van der Waals surface area contributed by atoms with Crippen LogP contribution in [0.4, 0.5) is 18.9 Å². The lowest BCUT2D eigenvalue weighted by Crippen LogP contribution is -2.31. The molecule has 0 unspecified atom stereocenters. The van der Waals surface area contributed by atoms with Crippen LogP contribution in [0.25, 0.3) is 0 Å². The van der Waals surface area contributed by atoms with Crippen LogP contribution in [0.2, 0.25) is 0 Å². The van der Waals surface area contributed by atoms with Gasteiger partial charge < -0.3 is 5.73 Å². The molecule has 0 atom stereocenters. The van der Waals surface area contributed by atoms with E-state index in [0.29, 0.717) is 18.2 Å². The van der Waals surface area contributed by atoms with Crippen molar-refractivity contribution in [3.63, 3.8) is 0 Å². The quantitative estimate of drug-likeness (QED) is 0.660. The number of anilines is 1. The number of rotatable bonds is 3. The molecule has 5 heteroatoms. The molecule has 0 aromatic heterocycles. The predicted molar refractivity (Wildman–Crippen MR) is 78.8 cm³/mol. The Bertz CT molecular complexity index is 463. The lowest BCUT2D eigenvalue weighted by molar-refractivity contribution is -0.138. The molecule has 21 heavy (non-hydrogen) atoms. The van der Waals surface area contributed by atoms with Crippen LogP contribution in [-0.2, 0) is 12.7 Å². The van der Waals surface area contributed by atoms with Crippen LogP contribution in [0.1, 0.15) is 49.7 Å². The fraction of sp³-hybridized carbons (Fsp3) is 0.625. The number of halogens is 3. The summed E-state index contributed by atoms with van der Waals surface area (Å²) in [6, 6.07) is 4.47. The number of nitrogens with two attached hydrogens (primary N) is 1. The molecule has 118 valence electrons. The molecule has 0 spiro atoms. The summed E-state index contributed by atoms with van der Waals surface area (Å²) in [5, 5.41) is 0. The van der Waals surface area contributed by atoms with Crippen molar-refractivity contribution < 1.29 is 13.2 Å². The van der Waals surface area contributed by atoms with Crippen molar-refractivity contribution in [2.75, 3.05) is 12.8 Å². The molecule has 0 bridgehead atoms. The number of nitrogen functional groups attached to an aromatic ring is 1. The molecule has 2 rings (SSSR count). The highest BCUT2D eigenvalue weighted by molar-refractivity contribution is 5.46. The Kier molecular flexibility index (Phi) is 5.14. The van der Waals surface area contributed by atoms with E-state index in [-0.39, 0.29) is 5.69 Å². The maximum absolute atomic E-state index is 13.1. The van der Waals surface area contributed by atoms with Crippen LogP contribution in [0, 0.1) is 0 Å². The van der Waals surface area contributed by atoms with Crippen molar-refractivity contribution in [3.8, 4) is 0 Å². The van der Waals surface area contributed by atoms with E-state index in [9.17, 15) is 13.2 Å². The Labute approximate surface area is 124 Å². The molecule has 0 saturated heterocycles. The zero-order valence-electron chi connectivity index (χ0n) is 12.4. The minimum absolute atomic E-state index is 0.156. The first-order valence-corrected chi connectivity index (χ1v) is 7.54. The van der Waals surface area contributed by atoms with Crippen LogP contribution in [0.3, 0.4) is 0 Å². The molecule has 0 heterocycles. The summed E-state index contributed by atoms with van der Waals surface area (Å²) in [5.41, 5.74) is 5.36. The fourth-order valence-electron chi connectivity index (χ4n) is 3.09. The normalized spacial score (nSPS) is 18.0. The van der Waals surface area contributed by atoms with Gasteiger partial charge in [-0.05, 0) is 37.6 Å². The number of hydrogen-bond acceptors (Lipinski definition) is 2. The number of alkyl halides is 3. The van der Waals surface area contributed by atoms with Gasteiger partial charge in [0, 0.05) is 18.3 Å². The lowest BCUT2D eigenvalue weighted by atomic mass is 10.0. The molecule has 1 fully saturated rings. The molecule has 1 saturated carbocycles. The molecule has 2 N–H and O–H groups in total. The van der Waals surface area contributed by atoms with Gasteiger partial charge in [0.1, 0.15) is 0 Å². The van der Waals surface area contributed by atoms with Gasteiger partial charge in [-0.2, -0.15) is 13.2 Å². The molecular weight excluding hydrogens is 277 g/mol. The van der Waals surface area contributed by atoms with E-state index in [1.807, 2.05) is 7.05 Å². The average Bonchev–Trinajstić information content (AvgIpc) is 2.68. The smallest absolute Gasteiger partial charge is 0.399 e. The third-order valence-electron chi connectivity index (χ3n) is 4.31. The van der Waals surface area contributed by atoms with Gasteiger partial charge in [-0.3, -0.25) is 4.90 Å². The predicted octanol–water partition coefficient (Wildman–Crippen LogP) is 4.44. The van der Waals surface area contributed by atoms with Gasteiger partial charge in [0.05, 0.1) is 5.56 Å². The summed E-state index contributed by atoms with van der Waals surface area (Å²) in [6.45, 7) is 0.319. The maximum Gasteiger partial charge on any atom is 0.416 e. The summed E-state index contributed by atoms with van der Waals surface area (Å²) < 4.78 is 39.3.